The SMILES string of the molecule is CS(=O)(=O)c1ccccc1NCCCCC(=O)O. The molecule has 0 amide bonds. The van der Waals surface area contributed by atoms with Crippen molar-refractivity contribution in [2.75, 3.05) is 18.1 Å². The Morgan fingerprint density at radius 1 is 1.28 bits per heavy atom. The first kappa shape index (κ1) is 14.5. The number of rotatable bonds is 7. The van der Waals surface area contributed by atoms with Crippen molar-refractivity contribution < 1.29 is 18.3 Å². The van der Waals surface area contributed by atoms with Crippen LogP contribution in [0.25, 0.3) is 0 Å². The standard InChI is InChI=1S/C12H17NO4S/c1-18(16,17)11-7-3-2-6-10(11)13-9-5-4-8-12(14)15/h2-3,6-7,13H,4-5,8-9H2,1H3,(H,14,15). The third kappa shape index (κ3) is 4.75. The molecule has 0 aliphatic carbocycles. The summed E-state index contributed by atoms with van der Waals surface area (Å²) in [6, 6.07) is 6.68. The number of benzene rings is 1. The average molecular weight is 271 g/mol. The van der Waals surface area contributed by atoms with Gasteiger partial charge in [-0.15, -0.1) is 0 Å². The van der Waals surface area contributed by atoms with Crippen LogP contribution in [0.3, 0.4) is 0 Å². The maximum Gasteiger partial charge on any atom is 0.303 e. The molecule has 0 saturated carbocycles. The van der Waals surface area contributed by atoms with Crippen LogP contribution < -0.4 is 5.32 Å². The van der Waals surface area contributed by atoms with E-state index in [4.69, 9.17) is 5.11 Å². The predicted octanol–water partition coefficient (Wildman–Crippen LogP) is 1.76. The normalized spacial score (nSPS) is 11.2. The molecular weight excluding hydrogens is 254 g/mol. The lowest BCUT2D eigenvalue weighted by molar-refractivity contribution is -0.137. The molecule has 18 heavy (non-hydrogen) atoms. The van der Waals surface area contributed by atoms with E-state index in [1.54, 1.807) is 24.3 Å². The Labute approximate surface area is 107 Å². The first-order valence-corrected chi connectivity index (χ1v) is 7.55. The number of aliphatic carboxylic acids is 1. The summed E-state index contributed by atoms with van der Waals surface area (Å²) in [4.78, 5) is 10.6. The lowest BCUT2D eigenvalue weighted by Gasteiger charge is -2.10. The smallest absolute Gasteiger partial charge is 0.303 e. The molecule has 0 radical (unpaired) electrons. The third-order valence-electron chi connectivity index (χ3n) is 2.42. The van der Waals surface area contributed by atoms with Gasteiger partial charge in [0.15, 0.2) is 9.84 Å². The molecule has 0 saturated heterocycles. The van der Waals surface area contributed by atoms with Gasteiger partial charge in [0.05, 0.1) is 10.6 Å². The predicted molar refractivity (Wildman–Crippen MR) is 69.5 cm³/mol. The van der Waals surface area contributed by atoms with Gasteiger partial charge in [-0.2, -0.15) is 0 Å². The molecule has 0 unspecified atom stereocenters. The van der Waals surface area contributed by atoms with E-state index in [1.165, 1.54) is 0 Å². The van der Waals surface area contributed by atoms with Crippen LogP contribution in [0.2, 0.25) is 0 Å². The molecular formula is C12H17NO4S. The quantitative estimate of drug-likeness (QED) is 0.738. The minimum Gasteiger partial charge on any atom is -0.481 e. The largest absolute Gasteiger partial charge is 0.481 e. The summed E-state index contributed by atoms with van der Waals surface area (Å²) in [7, 11) is -3.25. The Bertz CT molecular complexity index is 511. The van der Waals surface area contributed by atoms with Gasteiger partial charge in [-0.3, -0.25) is 4.79 Å². The van der Waals surface area contributed by atoms with Crippen molar-refractivity contribution in [2.45, 2.75) is 24.2 Å². The first-order chi connectivity index (χ1) is 8.41. The highest BCUT2D eigenvalue weighted by atomic mass is 32.2. The molecule has 6 heteroatoms. The van der Waals surface area contributed by atoms with Gasteiger partial charge in [-0.05, 0) is 25.0 Å². The fraction of sp³-hybridized carbons (Fsp3) is 0.417. The van der Waals surface area contributed by atoms with Crippen molar-refractivity contribution in [2.24, 2.45) is 0 Å². The van der Waals surface area contributed by atoms with Gasteiger partial charge in [-0.25, -0.2) is 8.42 Å². The minimum atomic E-state index is -3.25. The first-order valence-electron chi connectivity index (χ1n) is 5.66. The Kier molecular flexibility index (Phi) is 5.15. The summed E-state index contributed by atoms with van der Waals surface area (Å²) in [5.41, 5.74) is 0.565. The fourth-order valence-corrected chi connectivity index (χ4v) is 2.43. The molecule has 0 aliphatic rings. The molecule has 1 aromatic rings. The van der Waals surface area contributed by atoms with Crippen molar-refractivity contribution in [3.63, 3.8) is 0 Å². The number of carboxylic acid groups (broad SMARTS) is 1. The highest BCUT2D eigenvalue weighted by Crippen LogP contribution is 2.20. The van der Waals surface area contributed by atoms with Crippen LogP contribution in [0.1, 0.15) is 19.3 Å². The Morgan fingerprint density at radius 2 is 1.94 bits per heavy atom. The highest BCUT2D eigenvalue weighted by Gasteiger charge is 2.11. The second-order valence-corrected chi connectivity index (χ2v) is 6.03. The van der Waals surface area contributed by atoms with E-state index in [2.05, 4.69) is 5.32 Å². The van der Waals surface area contributed by atoms with Gasteiger partial charge >= 0.3 is 5.97 Å². The van der Waals surface area contributed by atoms with Crippen molar-refractivity contribution >= 4 is 21.5 Å². The van der Waals surface area contributed by atoms with E-state index in [9.17, 15) is 13.2 Å². The van der Waals surface area contributed by atoms with Crippen molar-refractivity contribution in [3.05, 3.63) is 24.3 Å². The summed E-state index contributed by atoms with van der Waals surface area (Å²) < 4.78 is 23.0. The van der Waals surface area contributed by atoms with Crippen LogP contribution in [-0.2, 0) is 14.6 Å². The van der Waals surface area contributed by atoms with Crippen LogP contribution in [0, 0.1) is 0 Å². The molecule has 0 aromatic heterocycles. The monoisotopic (exact) mass is 271 g/mol. The topological polar surface area (TPSA) is 83.5 Å². The van der Waals surface area contributed by atoms with E-state index in [0.717, 1.165) is 6.26 Å². The zero-order valence-corrected chi connectivity index (χ0v) is 11.0. The van der Waals surface area contributed by atoms with Gasteiger partial charge in [0, 0.05) is 19.2 Å². The van der Waals surface area contributed by atoms with Gasteiger partial charge in [0.25, 0.3) is 0 Å². The number of para-hydroxylation sites is 1. The Morgan fingerprint density at radius 3 is 2.56 bits per heavy atom. The van der Waals surface area contributed by atoms with Gasteiger partial charge < -0.3 is 10.4 Å². The molecule has 100 valence electrons. The summed E-state index contributed by atoms with van der Waals surface area (Å²) >= 11 is 0. The van der Waals surface area contributed by atoms with E-state index in [1.807, 2.05) is 0 Å². The van der Waals surface area contributed by atoms with Crippen LogP contribution >= 0.6 is 0 Å². The minimum absolute atomic E-state index is 0.134. The molecule has 0 fully saturated rings. The fourth-order valence-electron chi connectivity index (χ4n) is 1.56. The third-order valence-corrected chi connectivity index (χ3v) is 3.57. The van der Waals surface area contributed by atoms with Crippen LogP contribution in [0.4, 0.5) is 5.69 Å². The molecule has 0 spiro atoms. The van der Waals surface area contributed by atoms with Crippen LogP contribution in [-0.4, -0.2) is 32.3 Å². The number of unbranched alkanes of at least 4 members (excludes halogenated alkanes) is 1. The highest BCUT2D eigenvalue weighted by molar-refractivity contribution is 7.90. The molecule has 0 bridgehead atoms. The molecule has 5 nitrogen and oxygen atoms in total. The molecule has 2 N–H and O–H groups in total. The lowest BCUT2D eigenvalue weighted by Crippen LogP contribution is -2.07. The zero-order chi connectivity index (χ0) is 13.6. The number of nitrogens with one attached hydrogen (secondary N) is 1. The zero-order valence-electron chi connectivity index (χ0n) is 10.2. The second-order valence-electron chi connectivity index (χ2n) is 4.05. The summed E-state index contributed by atoms with van der Waals surface area (Å²) in [5.74, 6) is -0.813. The summed E-state index contributed by atoms with van der Waals surface area (Å²) in [5, 5.41) is 11.5. The number of carbonyl (C=O) groups is 1. The van der Waals surface area contributed by atoms with Gasteiger partial charge in [0.2, 0.25) is 0 Å². The number of carboxylic acids is 1. The second kappa shape index (κ2) is 6.39. The molecule has 1 rings (SSSR count). The Balaban J connectivity index is 2.55. The van der Waals surface area contributed by atoms with Crippen LogP contribution in [0.15, 0.2) is 29.2 Å². The molecule has 0 aliphatic heterocycles. The van der Waals surface area contributed by atoms with Gasteiger partial charge in [0.1, 0.15) is 0 Å². The molecule has 0 atom stereocenters. The number of hydrogen-bond donors (Lipinski definition) is 2. The van der Waals surface area contributed by atoms with Crippen LogP contribution in [0.5, 0.6) is 0 Å². The molecule has 0 heterocycles. The number of sulfone groups is 1. The van der Waals surface area contributed by atoms with E-state index >= 15 is 0 Å². The lowest BCUT2D eigenvalue weighted by atomic mass is 10.2. The van der Waals surface area contributed by atoms with Crippen molar-refractivity contribution in [1.82, 2.24) is 0 Å². The van der Waals surface area contributed by atoms with Gasteiger partial charge in [-0.1, -0.05) is 12.1 Å². The maximum atomic E-state index is 11.5. The van der Waals surface area contributed by atoms with E-state index in [-0.39, 0.29) is 11.3 Å². The Hall–Kier alpha value is -1.56. The van der Waals surface area contributed by atoms with Crippen molar-refractivity contribution in [1.29, 1.82) is 0 Å². The number of hydrogen-bond acceptors (Lipinski definition) is 4. The summed E-state index contributed by atoms with van der Waals surface area (Å²) in [6.07, 6.45) is 2.56. The summed E-state index contributed by atoms with van der Waals surface area (Å²) in [6.45, 7) is 0.555. The average Bonchev–Trinajstić information content (AvgIpc) is 2.27. The van der Waals surface area contributed by atoms with E-state index < -0.39 is 15.8 Å². The van der Waals surface area contributed by atoms with E-state index in [0.29, 0.717) is 25.1 Å². The maximum absolute atomic E-state index is 11.5. The molecule has 1 aromatic carbocycles. The number of anilines is 1. The van der Waals surface area contributed by atoms with Crippen molar-refractivity contribution in [3.8, 4) is 0 Å².